The van der Waals surface area contributed by atoms with Gasteiger partial charge in [-0.3, -0.25) is 14.4 Å². The molecule has 158 valence electrons. The molecule has 0 fully saturated rings. The lowest BCUT2D eigenvalue weighted by Crippen LogP contribution is -2.38. The first-order valence-electron chi connectivity index (χ1n) is 8.74. The van der Waals surface area contributed by atoms with E-state index in [1.165, 1.54) is 35.2 Å². The van der Waals surface area contributed by atoms with Crippen molar-refractivity contribution in [2.45, 2.75) is 23.1 Å². The molecule has 1 amide bonds. The Morgan fingerprint density at radius 3 is 2.50 bits per heavy atom. The second-order valence-corrected chi connectivity index (χ2v) is 10.6. The molecule has 11 heteroatoms. The minimum Gasteiger partial charge on any atom is -0.299 e. The Hall–Kier alpha value is -2.14. The maximum Gasteiger partial charge on any atom is 0.264 e. The zero-order valence-corrected chi connectivity index (χ0v) is 19.6. The van der Waals surface area contributed by atoms with E-state index in [0.29, 0.717) is 25.7 Å². The van der Waals surface area contributed by atoms with E-state index >= 15 is 0 Å². The van der Waals surface area contributed by atoms with Crippen LogP contribution in [0.5, 0.6) is 0 Å². The van der Waals surface area contributed by atoms with Gasteiger partial charge in [0.15, 0.2) is 4.34 Å². The number of benzene rings is 2. The van der Waals surface area contributed by atoms with Crippen LogP contribution in [0.2, 0.25) is 5.02 Å². The van der Waals surface area contributed by atoms with E-state index in [0.717, 1.165) is 9.87 Å². The summed E-state index contributed by atoms with van der Waals surface area (Å²) in [5.41, 5.74) is 1.82. The van der Waals surface area contributed by atoms with Crippen LogP contribution in [0.3, 0.4) is 0 Å². The van der Waals surface area contributed by atoms with Crippen LogP contribution in [0, 0.1) is 13.8 Å². The summed E-state index contributed by atoms with van der Waals surface area (Å²) in [7, 11) is -4.02. The molecule has 1 heterocycles. The summed E-state index contributed by atoms with van der Waals surface area (Å²) in [5.74, 6) is -0.533. The van der Waals surface area contributed by atoms with Gasteiger partial charge in [0.25, 0.3) is 10.0 Å². The summed E-state index contributed by atoms with van der Waals surface area (Å²) in [6.45, 7) is 3.14. The number of aryl methyl sites for hydroxylation is 1. The molecule has 3 rings (SSSR count). The van der Waals surface area contributed by atoms with Crippen LogP contribution in [0.4, 0.5) is 10.8 Å². The number of halogens is 1. The molecular formula is C19H19ClN4O3S3. The summed E-state index contributed by atoms with van der Waals surface area (Å²) < 4.78 is 28.6. The highest BCUT2D eigenvalue weighted by Crippen LogP contribution is 2.31. The Morgan fingerprint density at radius 2 is 1.87 bits per heavy atom. The Labute approximate surface area is 188 Å². The maximum atomic E-state index is 13.4. The van der Waals surface area contributed by atoms with Crippen molar-refractivity contribution in [3.05, 3.63) is 58.6 Å². The molecule has 30 heavy (non-hydrogen) atoms. The lowest BCUT2D eigenvalue weighted by molar-refractivity contribution is -0.114. The second-order valence-electron chi connectivity index (χ2n) is 6.33. The number of nitrogens with one attached hydrogen (secondary N) is 1. The van der Waals surface area contributed by atoms with Crippen molar-refractivity contribution in [3.63, 3.8) is 0 Å². The molecule has 0 aliphatic carbocycles. The summed E-state index contributed by atoms with van der Waals surface area (Å²) in [5, 5.41) is 11.1. The van der Waals surface area contributed by atoms with Gasteiger partial charge in [-0.15, -0.1) is 10.2 Å². The molecule has 3 aromatic rings. The Balaban J connectivity index is 1.98. The van der Waals surface area contributed by atoms with Crippen molar-refractivity contribution in [1.82, 2.24) is 10.2 Å². The van der Waals surface area contributed by atoms with Crippen LogP contribution >= 0.6 is 34.7 Å². The number of carbonyl (C=O) groups excluding carboxylic acids is 1. The number of thioether (sulfide) groups is 1. The van der Waals surface area contributed by atoms with Gasteiger partial charge < -0.3 is 0 Å². The van der Waals surface area contributed by atoms with E-state index in [2.05, 4.69) is 15.5 Å². The quantitative estimate of drug-likeness (QED) is 0.397. The van der Waals surface area contributed by atoms with Crippen LogP contribution in [0.15, 0.2) is 51.7 Å². The smallest absolute Gasteiger partial charge is 0.264 e. The van der Waals surface area contributed by atoms with Gasteiger partial charge in [0.05, 0.1) is 10.6 Å². The fourth-order valence-corrected chi connectivity index (χ4v) is 5.47. The number of hydrogen-bond donors (Lipinski definition) is 1. The zero-order chi connectivity index (χ0) is 21.9. The standard InChI is InChI=1S/C19H19ClN4O3S3/c1-12-7-9-14(10-8-12)30(26,27)24(16-6-4-5-15(20)13(16)2)11-17(25)21-18-22-23-19(28-3)29-18/h4-10H,11H2,1-3H3,(H,21,22,25). The number of aromatic nitrogens is 2. The maximum absolute atomic E-state index is 13.4. The monoisotopic (exact) mass is 482 g/mol. The van der Waals surface area contributed by atoms with Crippen molar-refractivity contribution in [2.24, 2.45) is 0 Å². The third-order valence-corrected chi connectivity index (χ3v) is 8.23. The third-order valence-electron chi connectivity index (χ3n) is 4.23. The average molecular weight is 483 g/mol. The van der Waals surface area contributed by atoms with E-state index < -0.39 is 22.5 Å². The molecule has 7 nitrogen and oxygen atoms in total. The lowest BCUT2D eigenvalue weighted by atomic mass is 10.2. The summed E-state index contributed by atoms with van der Waals surface area (Å²) in [6, 6.07) is 11.4. The van der Waals surface area contributed by atoms with Crippen LogP contribution in [0.25, 0.3) is 0 Å². The summed E-state index contributed by atoms with van der Waals surface area (Å²) in [4.78, 5) is 12.8. The summed E-state index contributed by atoms with van der Waals surface area (Å²) >= 11 is 8.84. The van der Waals surface area contributed by atoms with Gasteiger partial charge in [-0.1, -0.05) is 58.5 Å². The highest BCUT2D eigenvalue weighted by Gasteiger charge is 2.29. The molecule has 0 aliphatic rings. The summed E-state index contributed by atoms with van der Waals surface area (Å²) in [6.07, 6.45) is 1.85. The van der Waals surface area contributed by atoms with Crippen LogP contribution in [0.1, 0.15) is 11.1 Å². The van der Waals surface area contributed by atoms with Crippen molar-refractivity contribution < 1.29 is 13.2 Å². The molecule has 1 N–H and O–H groups in total. The first-order chi connectivity index (χ1) is 14.2. The fourth-order valence-electron chi connectivity index (χ4n) is 2.64. The number of carbonyl (C=O) groups is 1. The molecule has 0 spiro atoms. The average Bonchev–Trinajstić information content (AvgIpc) is 3.16. The van der Waals surface area contributed by atoms with Crippen molar-refractivity contribution in [1.29, 1.82) is 0 Å². The Morgan fingerprint density at radius 1 is 1.17 bits per heavy atom. The normalized spacial score (nSPS) is 11.3. The highest BCUT2D eigenvalue weighted by atomic mass is 35.5. The van der Waals surface area contributed by atoms with Gasteiger partial charge in [-0.25, -0.2) is 8.42 Å². The molecule has 2 aromatic carbocycles. The fraction of sp³-hybridized carbons (Fsp3) is 0.211. The lowest BCUT2D eigenvalue weighted by Gasteiger charge is -2.25. The Kier molecular flexibility index (Phi) is 7.02. The van der Waals surface area contributed by atoms with E-state index in [9.17, 15) is 13.2 Å². The molecule has 0 saturated heterocycles. The van der Waals surface area contributed by atoms with Crippen LogP contribution in [-0.4, -0.2) is 37.3 Å². The number of sulfonamides is 1. The molecule has 0 atom stereocenters. The van der Waals surface area contributed by atoms with Gasteiger partial charge in [0, 0.05) is 5.02 Å². The van der Waals surface area contributed by atoms with E-state index in [1.807, 2.05) is 13.2 Å². The molecule has 1 aromatic heterocycles. The number of nitrogens with zero attached hydrogens (tertiary/aromatic N) is 3. The van der Waals surface area contributed by atoms with E-state index in [4.69, 9.17) is 11.6 Å². The van der Waals surface area contributed by atoms with Gasteiger partial charge in [0.2, 0.25) is 11.0 Å². The predicted octanol–water partition coefficient (Wildman–Crippen LogP) is 4.36. The van der Waals surface area contributed by atoms with Crippen molar-refractivity contribution in [3.8, 4) is 0 Å². The van der Waals surface area contributed by atoms with Gasteiger partial charge in [-0.05, 0) is 49.9 Å². The molecule has 0 radical (unpaired) electrons. The number of rotatable bonds is 7. The van der Waals surface area contributed by atoms with Crippen LogP contribution < -0.4 is 9.62 Å². The molecule has 0 aliphatic heterocycles. The molecule has 0 saturated carbocycles. The van der Waals surface area contributed by atoms with Crippen molar-refractivity contribution in [2.75, 3.05) is 22.4 Å². The second kappa shape index (κ2) is 9.34. The van der Waals surface area contributed by atoms with E-state index in [-0.39, 0.29) is 4.90 Å². The Bertz CT molecular complexity index is 1160. The van der Waals surface area contributed by atoms with Gasteiger partial charge >= 0.3 is 0 Å². The molecular weight excluding hydrogens is 464 g/mol. The topological polar surface area (TPSA) is 92.3 Å². The highest BCUT2D eigenvalue weighted by molar-refractivity contribution is 8.00. The first kappa shape index (κ1) is 22.5. The minimum atomic E-state index is -4.02. The SMILES string of the molecule is CSc1nnc(NC(=O)CN(c2cccc(Cl)c2C)S(=O)(=O)c2ccc(C)cc2)s1. The van der Waals surface area contributed by atoms with E-state index in [1.54, 1.807) is 37.3 Å². The third kappa shape index (κ3) is 4.94. The van der Waals surface area contributed by atoms with Gasteiger partial charge in [-0.2, -0.15) is 0 Å². The first-order valence-corrected chi connectivity index (χ1v) is 12.6. The minimum absolute atomic E-state index is 0.0841. The van der Waals surface area contributed by atoms with Crippen LogP contribution in [-0.2, 0) is 14.8 Å². The number of amides is 1. The van der Waals surface area contributed by atoms with Crippen molar-refractivity contribution >= 4 is 61.4 Å². The largest absolute Gasteiger partial charge is 0.299 e. The zero-order valence-electron chi connectivity index (χ0n) is 16.4. The molecule has 0 bridgehead atoms. The molecule has 0 unspecified atom stereocenters. The number of hydrogen-bond acceptors (Lipinski definition) is 7. The predicted molar refractivity (Wildman–Crippen MR) is 122 cm³/mol. The van der Waals surface area contributed by atoms with Gasteiger partial charge in [0.1, 0.15) is 6.54 Å². The number of anilines is 2.